The normalized spacial score (nSPS) is 11.3. The number of nitriles is 1. The summed E-state index contributed by atoms with van der Waals surface area (Å²) in [6, 6.07) is 18.8. The van der Waals surface area contributed by atoms with Crippen molar-refractivity contribution >= 4 is 6.03 Å². The van der Waals surface area contributed by atoms with E-state index >= 15 is 0 Å². The topological polar surface area (TPSA) is 74.2 Å². The lowest BCUT2D eigenvalue weighted by molar-refractivity contribution is 0.0639. The zero-order chi connectivity index (χ0) is 17.2. The molecule has 0 unspecified atom stereocenters. The number of amides is 2. The summed E-state index contributed by atoms with van der Waals surface area (Å²) in [6.45, 7) is 3.26. The van der Waals surface area contributed by atoms with Gasteiger partial charge in [-0.3, -0.25) is 0 Å². The SMILES string of the molecule is CCO[C@@H](CNC(=O)NCc1cccc(C#N)c1)c1ccccc1. The van der Waals surface area contributed by atoms with Crippen LogP contribution in [0.3, 0.4) is 0 Å². The Morgan fingerprint density at radius 1 is 1.17 bits per heavy atom. The Balaban J connectivity index is 1.84. The van der Waals surface area contributed by atoms with E-state index in [1.54, 1.807) is 18.2 Å². The number of nitrogens with zero attached hydrogens (tertiary/aromatic N) is 1. The number of benzene rings is 2. The van der Waals surface area contributed by atoms with Crippen molar-refractivity contribution in [3.8, 4) is 6.07 Å². The third-order valence-corrected chi connectivity index (χ3v) is 3.50. The lowest BCUT2D eigenvalue weighted by Gasteiger charge is -2.18. The van der Waals surface area contributed by atoms with Crippen LogP contribution in [0.1, 0.15) is 29.7 Å². The molecule has 2 N–H and O–H groups in total. The number of nitrogens with one attached hydrogen (secondary N) is 2. The number of rotatable bonds is 7. The molecule has 0 radical (unpaired) electrons. The summed E-state index contributed by atoms with van der Waals surface area (Å²) >= 11 is 0. The predicted molar refractivity (Wildman–Crippen MR) is 92.2 cm³/mol. The zero-order valence-corrected chi connectivity index (χ0v) is 13.7. The quantitative estimate of drug-likeness (QED) is 0.822. The van der Waals surface area contributed by atoms with Gasteiger partial charge >= 0.3 is 6.03 Å². The van der Waals surface area contributed by atoms with Crippen molar-refractivity contribution in [1.29, 1.82) is 5.26 Å². The van der Waals surface area contributed by atoms with Crippen LogP contribution in [0.25, 0.3) is 0 Å². The number of carbonyl (C=O) groups is 1. The summed E-state index contributed by atoms with van der Waals surface area (Å²) in [5.74, 6) is 0. The van der Waals surface area contributed by atoms with Gasteiger partial charge in [-0.05, 0) is 30.2 Å². The van der Waals surface area contributed by atoms with E-state index in [9.17, 15) is 4.79 Å². The minimum Gasteiger partial charge on any atom is -0.372 e. The number of hydrogen-bond acceptors (Lipinski definition) is 3. The van der Waals surface area contributed by atoms with Crippen molar-refractivity contribution < 1.29 is 9.53 Å². The van der Waals surface area contributed by atoms with Gasteiger partial charge in [0.15, 0.2) is 0 Å². The standard InChI is InChI=1S/C19H21N3O2/c1-2-24-18(17-9-4-3-5-10-17)14-22-19(23)21-13-16-8-6-7-15(11-16)12-20/h3-11,18H,2,13-14H2,1H3,(H2,21,22,23)/t18-/m0/s1. The van der Waals surface area contributed by atoms with Crippen molar-refractivity contribution in [1.82, 2.24) is 10.6 Å². The smallest absolute Gasteiger partial charge is 0.315 e. The first-order valence-electron chi connectivity index (χ1n) is 7.90. The van der Waals surface area contributed by atoms with Crippen molar-refractivity contribution in [2.24, 2.45) is 0 Å². The van der Waals surface area contributed by atoms with Crippen molar-refractivity contribution in [3.05, 3.63) is 71.3 Å². The zero-order valence-electron chi connectivity index (χ0n) is 13.7. The summed E-state index contributed by atoms with van der Waals surface area (Å²) in [6.07, 6.45) is -0.177. The van der Waals surface area contributed by atoms with E-state index < -0.39 is 0 Å². The Labute approximate surface area is 142 Å². The molecule has 2 rings (SSSR count). The first kappa shape index (κ1) is 17.5. The van der Waals surface area contributed by atoms with Gasteiger partial charge in [0.2, 0.25) is 0 Å². The molecule has 0 fully saturated rings. The second-order valence-electron chi connectivity index (χ2n) is 5.23. The van der Waals surface area contributed by atoms with Crippen LogP contribution >= 0.6 is 0 Å². The number of urea groups is 1. The molecule has 5 heteroatoms. The van der Waals surface area contributed by atoms with Gasteiger partial charge in [0.1, 0.15) is 0 Å². The highest BCUT2D eigenvalue weighted by atomic mass is 16.5. The molecule has 0 heterocycles. The lowest BCUT2D eigenvalue weighted by Crippen LogP contribution is -2.37. The average molecular weight is 323 g/mol. The summed E-state index contributed by atoms with van der Waals surface area (Å²) in [5.41, 5.74) is 2.49. The summed E-state index contributed by atoms with van der Waals surface area (Å²) < 4.78 is 5.69. The fourth-order valence-corrected chi connectivity index (χ4v) is 2.32. The third kappa shape index (κ3) is 5.41. The minimum absolute atomic E-state index is 0.177. The van der Waals surface area contributed by atoms with Gasteiger partial charge in [-0.1, -0.05) is 42.5 Å². The van der Waals surface area contributed by atoms with Gasteiger partial charge in [0.05, 0.1) is 17.7 Å². The largest absolute Gasteiger partial charge is 0.372 e. The molecule has 0 bridgehead atoms. The van der Waals surface area contributed by atoms with Crippen LogP contribution in [0.4, 0.5) is 4.79 Å². The van der Waals surface area contributed by atoms with E-state index in [1.165, 1.54) is 0 Å². The molecule has 0 aliphatic rings. The number of ether oxygens (including phenoxy) is 1. The molecule has 24 heavy (non-hydrogen) atoms. The fraction of sp³-hybridized carbons (Fsp3) is 0.263. The van der Waals surface area contributed by atoms with Gasteiger partial charge in [-0.25, -0.2) is 4.79 Å². The minimum atomic E-state index is -0.266. The molecule has 0 saturated carbocycles. The van der Waals surface area contributed by atoms with E-state index in [4.69, 9.17) is 10.00 Å². The molecular formula is C19H21N3O2. The summed E-state index contributed by atoms with van der Waals surface area (Å²) in [4.78, 5) is 12.0. The van der Waals surface area contributed by atoms with Crippen LogP contribution in [-0.4, -0.2) is 19.2 Å². The molecule has 5 nitrogen and oxygen atoms in total. The van der Waals surface area contributed by atoms with Crippen molar-refractivity contribution in [2.75, 3.05) is 13.2 Å². The molecule has 0 aliphatic carbocycles. The Kier molecular flexibility index (Phi) is 6.81. The van der Waals surface area contributed by atoms with E-state index in [0.717, 1.165) is 11.1 Å². The third-order valence-electron chi connectivity index (χ3n) is 3.50. The van der Waals surface area contributed by atoms with E-state index in [-0.39, 0.29) is 12.1 Å². The second kappa shape index (κ2) is 9.33. The molecule has 1 atom stereocenters. The summed E-state index contributed by atoms with van der Waals surface area (Å²) in [5, 5.41) is 14.5. The monoisotopic (exact) mass is 323 g/mol. The highest BCUT2D eigenvalue weighted by molar-refractivity contribution is 5.73. The van der Waals surface area contributed by atoms with Gasteiger partial charge in [0, 0.05) is 19.7 Å². The molecule has 2 amide bonds. The van der Waals surface area contributed by atoms with Crippen LogP contribution in [0.5, 0.6) is 0 Å². The Morgan fingerprint density at radius 3 is 2.67 bits per heavy atom. The fourth-order valence-electron chi connectivity index (χ4n) is 2.32. The average Bonchev–Trinajstić information content (AvgIpc) is 2.64. The maximum atomic E-state index is 12.0. The second-order valence-corrected chi connectivity index (χ2v) is 5.23. The predicted octanol–water partition coefficient (Wildman–Crippen LogP) is 3.14. The van der Waals surface area contributed by atoms with Crippen LogP contribution < -0.4 is 10.6 Å². The first-order valence-corrected chi connectivity index (χ1v) is 7.90. The van der Waals surface area contributed by atoms with Crippen molar-refractivity contribution in [3.63, 3.8) is 0 Å². The van der Waals surface area contributed by atoms with Crippen LogP contribution in [0, 0.1) is 11.3 Å². The molecule has 2 aromatic rings. The molecule has 0 aliphatic heterocycles. The van der Waals surface area contributed by atoms with E-state index in [1.807, 2.05) is 43.3 Å². The molecule has 0 aromatic heterocycles. The van der Waals surface area contributed by atoms with E-state index in [2.05, 4.69) is 16.7 Å². The Hall–Kier alpha value is -2.84. The maximum Gasteiger partial charge on any atom is 0.315 e. The van der Waals surface area contributed by atoms with Crippen LogP contribution in [0.15, 0.2) is 54.6 Å². The molecule has 0 spiro atoms. The Bertz CT molecular complexity index is 695. The molecule has 0 saturated heterocycles. The van der Waals surface area contributed by atoms with Crippen LogP contribution in [0.2, 0.25) is 0 Å². The van der Waals surface area contributed by atoms with Gasteiger partial charge in [-0.2, -0.15) is 5.26 Å². The number of carbonyl (C=O) groups excluding carboxylic acids is 1. The molecule has 124 valence electrons. The van der Waals surface area contributed by atoms with Crippen LogP contribution in [-0.2, 0) is 11.3 Å². The Morgan fingerprint density at radius 2 is 1.96 bits per heavy atom. The maximum absolute atomic E-state index is 12.0. The van der Waals surface area contributed by atoms with Gasteiger partial charge < -0.3 is 15.4 Å². The molecular weight excluding hydrogens is 302 g/mol. The highest BCUT2D eigenvalue weighted by Crippen LogP contribution is 2.15. The molecule has 2 aromatic carbocycles. The van der Waals surface area contributed by atoms with Gasteiger partial charge in [0.25, 0.3) is 0 Å². The highest BCUT2D eigenvalue weighted by Gasteiger charge is 2.12. The summed E-state index contributed by atoms with van der Waals surface area (Å²) in [7, 11) is 0. The van der Waals surface area contributed by atoms with Crippen molar-refractivity contribution in [2.45, 2.75) is 19.6 Å². The van der Waals surface area contributed by atoms with E-state index in [0.29, 0.717) is 25.3 Å². The first-order chi connectivity index (χ1) is 11.7. The number of hydrogen-bond donors (Lipinski definition) is 2. The van der Waals surface area contributed by atoms with Gasteiger partial charge in [-0.15, -0.1) is 0 Å². The lowest BCUT2D eigenvalue weighted by atomic mass is 10.1.